The largest absolute Gasteiger partial charge is 0.478 e. The molecule has 0 aliphatic rings. The Hall–Kier alpha value is -1.14. The summed E-state index contributed by atoms with van der Waals surface area (Å²) in [5, 5.41) is 18.9. The normalized spacial score (nSPS) is 12.2. The predicted molar refractivity (Wildman–Crippen MR) is 103 cm³/mol. The van der Waals surface area contributed by atoms with Crippen molar-refractivity contribution < 1.29 is 19.8 Å². The number of aryl methyl sites for hydroxylation is 1. The van der Waals surface area contributed by atoms with Crippen LogP contribution < -0.4 is 0 Å². The van der Waals surface area contributed by atoms with Crippen LogP contribution in [0.1, 0.15) is 72.4 Å². The number of carbonyl (C=O) groups is 2. The number of hydrogen-bond acceptors (Lipinski definition) is 4. The van der Waals surface area contributed by atoms with Gasteiger partial charge in [0.1, 0.15) is 0 Å². The van der Waals surface area contributed by atoms with Crippen LogP contribution in [0.2, 0.25) is 0 Å². The van der Waals surface area contributed by atoms with E-state index in [-0.39, 0.29) is 20.6 Å². The first-order valence-corrected chi connectivity index (χ1v) is 8.77. The highest BCUT2D eigenvalue weighted by atomic mass is 32.1. The summed E-state index contributed by atoms with van der Waals surface area (Å²) < 4.78 is -0.454. The SMILES string of the molecule is CC(C)(S)CCc1ccc(C(=O)O)c(C(=O)O)c1CCC(C)(C)S. The van der Waals surface area contributed by atoms with Gasteiger partial charge in [0.15, 0.2) is 0 Å². The summed E-state index contributed by atoms with van der Waals surface area (Å²) in [5.41, 5.74) is 1.21. The summed E-state index contributed by atoms with van der Waals surface area (Å²) in [6.07, 6.45) is 2.54. The van der Waals surface area contributed by atoms with Crippen LogP contribution in [-0.2, 0) is 12.8 Å². The maximum Gasteiger partial charge on any atom is 0.336 e. The standard InChI is InChI=1S/C18H26O4S2/c1-17(2,23)9-7-11-5-6-13(15(19)20)14(16(21)22)12(11)8-10-18(3,4)24/h5-6,23-24H,7-10H2,1-4H3,(H,19,20)(H,21,22). The van der Waals surface area contributed by atoms with E-state index < -0.39 is 11.9 Å². The van der Waals surface area contributed by atoms with E-state index in [0.717, 1.165) is 12.0 Å². The minimum Gasteiger partial charge on any atom is -0.478 e. The van der Waals surface area contributed by atoms with Gasteiger partial charge in [-0.1, -0.05) is 33.8 Å². The molecule has 0 radical (unpaired) electrons. The molecule has 1 aromatic carbocycles. The van der Waals surface area contributed by atoms with Crippen molar-refractivity contribution >= 4 is 37.2 Å². The molecule has 0 saturated heterocycles. The smallest absolute Gasteiger partial charge is 0.336 e. The predicted octanol–water partition coefficient (Wildman–Crippen LogP) is 4.37. The zero-order valence-electron chi connectivity index (χ0n) is 14.6. The molecule has 134 valence electrons. The maximum absolute atomic E-state index is 11.7. The third-order valence-electron chi connectivity index (χ3n) is 3.85. The van der Waals surface area contributed by atoms with Crippen molar-refractivity contribution in [3.63, 3.8) is 0 Å². The van der Waals surface area contributed by atoms with E-state index in [1.807, 2.05) is 27.7 Å². The Morgan fingerprint density at radius 1 is 0.917 bits per heavy atom. The molecule has 2 N–H and O–H groups in total. The summed E-state index contributed by atoms with van der Waals surface area (Å²) in [4.78, 5) is 23.1. The molecule has 0 heterocycles. The second-order valence-corrected chi connectivity index (χ2v) is 9.78. The molecule has 0 atom stereocenters. The van der Waals surface area contributed by atoms with Crippen molar-refractivity contribution in [2.45, 2.75) is 62.9 Å². The zero-order valence-corrected chi connectivity index (χ0v) is 16.4. The average Bonchev–Trinajstić information content (AvgIpc) is 2.40. The molecule has 0 unspecified atom stereocenters. The Bertz CT molecular complexity index is 625. The van der Waals surface area contributed by atoms with Crippen LogP contribution in [0.15, 0.2) is 12.1 Å². The van der Waals surface area contributed by atoms with E-state index in [1.165, 1.54) is 6.07 Å². The van der Waals surface area contributed by atoms with Gasteiger partial charge in [-0.3, -0.25) is 0 Å². The lowest BCUT2D eigenvalue weighted by Crippen LogP contribution is -2.19. The summed E-state index contributed by atoms with van der Waals surface area (Å²) in [5.74, 6) is -2.42. The second-order valence-electron chi connectivity index (χ2n) is 7.36. The van der Waals surface area contributed by atoms with Gasteiger partial charge in [0.2, 0.25) is 0 Å². The van der Waals surface area contributed by atoms with E-state index >= 15 is 0 Å². The highest BCUT2D eigenvalue weighted by Crippen LogP contribution is 2.29. The Labute approximate surface area is 154 Å². The van der Waals surface area contributed by atoms with Crippen molar-refractivity contribution in [1.29, 1.82) is 0 Å². The number of carboxylic acids is 2. The maximum atomic E-state index is 11.7. The van der Waals surface area contributed by atoms with Gasteiger partial charge in [0.25, 0.3) is 0 Å². The summed E-state index contributed by atoms with van der Waals surface area (Å²) >= 11 is 9.01. The fourth-order valence-electron chi connectivity index (χ4n) is 2.50. The first kappa shape index (κ1) is 20.9. The summed E-state index contributed by atoms with van der Waals surface area (Å²) in [6.45, 7) is 7.90. The zero-order chi connectivity index (χ0) is 18.7. The minimum absolute atomic E-state index is 0.102. The molecular formula is C18H26O4S2. The quantitative estimate of drug-likeness (QED) is 0.513. The third kappa shape index (κ3) is 6.40. The molecule has 6 heteroatoms. The fraction of sp³-hybridized carbons (Fsp3) is 0.556. The van der Waals surface area contributed by atoms with Crippen LogP contribution in [0.3, 0.4) is 0 Å². The van der Waals surface area contributed by atoms with Gasteiger partial charge in [-0.2, -0.15) is 25.3 Å². The number of thiol groups is 2. The molecule has 24 heavy (non-hydrogen) atoms. The molecule has 0 saturated carbocycles. The lowest BCUT2D eigenvalue weighted by atomic mass is 9.87. The molecule has 0 aliphatic heterocycles. The van der Waals surface area contributed by atoms with E-state index in [9.17, 15) is 19.8 Å². The highest BCUT2D eigenvalue weighted by Gasteiger charge is 2.25. The molecule has 0 spiro atoms. The number of aromatic carboxylic acids is 2. The summed E-state index contributed by atoms with van der Waals surface area (Å²) in [6, 6.07) is 3.12. The molecule has 1 rings (SSSR count). The van der Waals surface area contributed by atoms with Gasteiger partial charge < -0.3 is 10.2 Å². The van der Waals surface area contributed by atoms with Gasteiger partial charge >= 0.3 is 11.9 Å². The van der Waals surface area contributed by atoms with E-state index in [1.54, 1.807) is 6.07 Å². The number of hydrogen-bond donors (Lipinski definition) is 4. The lowest BCUT2D eigenvalue weighted by Gasteiger charge is -2.22. The van der Waals surface area contributed by atoms with Gasteiger partial charge in [0.05, 0.1) is 11.1 Å². The van der Waals surface area contributed by atoms with Crippen molar-refractivity contribution in [1.82, 2.24) is 0 Å². The molecule has 0 fully saturated rings. The molecular weight excluding hydrogens is 344 g/mol. The van der Waals surface area contributed by atoms with E-state index in [4.69, 9.17) is 0 Å². The van der Waals surface area contributed by atoms with Crippen LogP contribution in [0.25, 0.3) is 0 Å². The molecule has 0 amide bonds. The first-order valence-electron chi connectivity index (χ1n) is 7.88. The topological polar surface area (TPSA) is 74.6 Å². The fourth-order valence-corrected chi connectivity index (χ4v) is 2.73. The third-order valence-corrected chi connectivity index (χ3v) is 4.29. The number of carboxylic acid groups (broad SMARTS) is 2. The van der Waals surface area contributed by atoms with Crippen LogP contribution in [0, 0.1) is 0 Å². The van der Waals surface area contributed by atoms with Crippen molar-refractivity contribution in [3.05, 3.63) is 34.4 Å². The van der Waals surface area contributed by atoms with Crippen LogP contribution in [-0.4, -0.2) is 31.6 Å². The van der Waals surface area contributed by atoms with Crippen LogP contribution in [0.4, 0.5) is 0 Å². The molecule has 0 aromatic heterocycles. The highest BCUT2D eigenvalue weighted by molar-refractivity contribution is 7.81. The lowest BCUT2D eigenvalue weighted by molar-refractivity contribution is 0.0650. The molecule has 1 aromatic rings. The van der Waals surface area contributed by atoms with Crippen molar-refractivity contribution in [2.75, 3.05) is 0 Å². The van der Waals surface area contributed by atoms with Gasteiger partial charge in [-0.25, -0.2) is 9.59 Å². The Kier molecular flexibility index (Phi) is 6.82. The molecule has 0 aliphatic carbocycles. The van der Waals surface area contributed by atoms with Gasteiger partial charge in [0, 0.05) is 9.49 Å². The Morgan fingerprint density at radius 2 is 1.42 bits per heavy atom. The van der Waals surface area contributed by atoms with E-state index in [0.29, 0.717) is 24.8 Å². The summed E-state index contributed by atoms with van der Waals surface area (Å²) in [7, 11) is 0. The first-order chi connectivity index (χ1) is 10.8. The number of benzene rings is 1. The minimum atomic E-state index is -1.22. The second kappa shape index (κ2) is 7.83. The van der Waals surface area contributed by atoms with Crippen molar-refractivity contribution in [3.8, 4) is 0 Å². The van der Waals surface area contributed by atoms with Gasteiger partial charge in [-0.15, -0.1) is 0 Å². The van der Waals surface area contributed by atoms with E-state index in [2.05, 4.69) is 25.3 Å². The monoisotopic (exact) mass is 370 g/mol. The van der Waals surface area contributed by atoms with Crippen molar-refractivity contribution in [2.24, 2.45) is 0 Å². The Morgan fingerprint density at radius 3 is 1.83 bits per heavy atom. The Balaban J connectivity index is 3.38. The molecule has 0 bridgehead atoms. The number of rotatable bonds is 8. The average molecular weight is 371 g/mol. The van der Waals surface area contributed by atoms with Crippen LogP contribution >= 0.6 is 25.3 Å². The van der Waals surface area contributed by atoms with Gasteiger partial charge in [-0.05, 0) is 42.9 Å². The van der Waals surface area contributed by atoms with Crippen LogP contribution in [0.5, 0.6) is 0 Å². The molecule has 4 nitrogen and oxygen atoms in total.